The molecule has 0 bridgehead atoms. The van der Waals surface area contributed by atoms with E-state index in [4.69, 9.17) is 0 Å². The van der Waals surface area contributed by atoms with Crippen molar-refractivity contribution in [3.8, 4) is 0 Å². The first-order chi connectivity index (χ1) is 0. The smallest absolute Gasteiger partial charge is 1.00 e. The van der Waals surface area contributed by atoms with E-state index in [2.05, 4.69) is 0 Å². The van der Waals surface area contributed by atoms with Gasteiger partial charge in [-0.2, -0.15) is 0 Å². The Morgan fingerprint density at radius 1 is 0.364 bits per heavy atom. The summed E-state index contributed by atoms with van der Waals surface area (Å²) in [4.78, 5) is 0. The first-order valence-corrected chi connectivity index (χ1v) is 0. The van der Waals surface area contributed by atoms with Crippen LogP contribution < -0.4 is 37.6 Å². The van der Waals surface area contributed by atoms with Crippen LogP contribution in [0.25, 0.3) is 0 Å². The summed E-state index contributed by atoms with van der Waals surface area (Å²) in [7, 11) is 0. The second-order valence-corrected chi connectivity index (χ2v) is 0. The fourth-order valence-electron chi connectivity index (χ4n) is 0. The van der Waals surface area contributed by atoms with Gasteiger partial charge < -0.3 is 37.6 Å². The third-order valence-corrected chi connectivity index (χ3v) is 0. The van der Waals surface area contributed by atoms with Crippen molar-refractivity contribution >= 4 is 62.8 Å². The molecule has 0 saturated heterocycles. The van der Waals surface area contributed by atoms with Crippen molar-refractivity contribution in [3.63, 3.8) is 0 Å². The van der Waals surface area contributed by atoms with Gasteiger partial charge in [0.15, 0.2) is 0 Å². The van der Waals surface area contributed by atoms with Crippen LogP contribution in [0.3, 0.4) is 0 Å². The van der Waals surface area contributed by atoms with Crippen molar-refractivity contribution in [2.24, 2.45) is 0 Å². The molecule has 0 aliphatic heterocycles. The van der Waals surface area contributed by atoms with E-state index >= 15 is 0 Å². The molecule has 0 aromatic carbocycles. The quantitative estimate of drug-likeness (QED) is 0.299. The summed E-state index contributed by atoms with van der Waals surface area (Å²) in [6.45, 7) is 0. The van der Waals surface area contributed by atoms with Gasteiger partial charge in [-0.25, -0.2) is 0 Å². The Labute approximate surface area is 131 Å². The molecular formula is AlF8SrY. The van der Waals surface area contributed by atoms with Crippen LogP contribution in [-0.2, 0) is 32.7 Å². The summed E-state index contributed by atoms with van der Waals surface area (Å²) in [5.41, 5.74) is 0. The summed E-state index contributed by atoms with van der Waals surface area (Å²) < 4.78 is 0. The molecule has 64 valence electrons. The second-order valence-electron chi connectivity index (χ2n) is 0. The van der Waals surface area contributed by atoms with Crippen molar-refractivity contribution in [2.45, 2.75) is 0 Å². The van der Waals surface area contributed by atoms with Crippen molar-refractivity contribution < 1.29 is 70.3 Å². The first kappa shape index (κ1) is 327. The summed E-state index contributed by atoms with van der Waals surface area (Å²) >= 11 is 0. The van der Waals surface area contributed by atoms with Crippen molar-refractivity contribution in [3.05, 3.63) is 0 Å². The average Bonchev–Trinajstić information content (AvgIpc) is 0. The van der Waals surface area contributed by atoms with Crippen LogP contribution in [0.5, 0.6) is 0 Å². The molecule has 0 amide bonds. The third-order valence-electron chi connectivity index (χ3n) is 0. The van der Waals surface area contributed by atoms with Gasteiger partial charge in [-0.3, -0.25) is 0 Å². The molecule has 0 saturated carbocycles. The van der Waals surface area contributed by atoms with E-state index < -0.39 is 0 Å². The van der Waals surface area contributed by atoms with E-state index in [1.54, 1.807) is 0 Å². The van der Waals surface area contributed by atoms with Crippen molar-refractivity contribution in [2.75, 3.05) is 0 Å². The predicted octanol–water partition coefficient (Wildman–Crippen LogP) is -24.7. The fraction of sp³-hybridized carbons (Fsp3) is 0. The van der Waals surface area contributed by atoms with Gasteiger partial charge >= 0.3 is 95.6 Å². The zero-order chi connectivity index (χ0) is 0. The predicted molar refractivity (Wildman–Crippen MR) is 11.5 cm³/mol. The minimum absolute atomic E-state index is 0. The summed E-state index contributed by atoms with van der Waals surface area (Å²) in [5.74, 6) is 0. The van der Waals surface area contributed by atoms with E-state index in [9.17, 15) is 0 Å². The molecule has 0 aromatic heterocycles. The topological polar surface area (TPSA) is 0 Å². The molecule has 0 heterocycles. The van der Waals surface area contributed by atoms with Gasteiger partial charge in [-0.05, 0) is 0 Å². The Kier molecular flexibility index (Phi) is 7630. The first-order valence-electron chi connectivity index (χ1n) is 0. The Morgan fingerprint density at radius 2 is 0.364 bits per heavy atom. The molecule has 0 radical (unpaired) electrons. The van der Waals surface area contributed by atoms with E-state index in [0.717, 1.165) is 0 Å². The summed E-state index contributed by atoms with van der Waals surface area (Å²) in [6.07, 6.45) is 0. The van der Waals surface area contributed by atoms with Crippen LogP contribution in [0.1, 0.15) is 0 Å². The van der Waals surface area contributed by atoms with Crippen molar-refractivity contribution in [1.29, 1.82) is 0 Å². The van der Waals surface area contributed by atoms with Crippen LogP contribution >= 0.6 is 0 Å². The van der Waals surface area contributed by atoms with Gasteiger partial charge in [0.1, 0.15) is 0 Å². The molecule has 0 aliphatic carbocycles. The molecular weight excluding hydrogens is 355 g/mol. The van der Waals surface area contributed by atoms with E-state index in [0.29, 0.717) is 0 Å². The van der Waals surface area contributed by atoms with E-state index in [-0.39, 0.29) is 133 Å². The molecule has 11 heavy (non-hydrogen) atoms. The van der Waals surface area contributed by atoms with Gasteiger partial charge in [-0.15, -0.1) is 0 Å². The third kappa shape index (κ3) is 214. The monoisotopic (exact) mass is 356 g/mol. The van der Waals surface area contributed by atoms with Crippen molar-refractivity contribution in [1.82, 2.24) is 0 Å². The Hall–Kier alpha value is 2.56. The second kappa shape index (κ2) is 257. The number of rotatable bonds is 0. The maximum absolute atomic E-state index is 0. The van der Waals surface area contributed by atoms with Gasteiger partial charge in [0.25, 0.3) is 0 Å². The largest absolute Gasteiger partial charge is 3.00 e. The van der Waals surface area contributed by atoms with Crippen LogP contribution in [0.15, 0.2) is 0 Å². The SMILES string of the molecule is [Al+3].[F-].[F-].[F-].[F-].[F-].[F-].[F-].[F-].[Sr+2].[Y+3]. The minimum atomic E-state index is 0. The summed E-state index contributed by atoms with van der Waals surface area (Å²) in [5, 5.41) is 0. The molecule has 0 fully saturated rings. The number of hydrogen-bond acceptors (Lipinski definition) is 0. The Balaban J connectivity index is 0. The number of hydrogen-bond donors (Lipinski definition) is 0. The van der Waals surface area contributed by atoms with Gasteiger partial charge in [0.2, 0.25) is 0 Å². The molecule has 0 atom stereocenters. The van der Waals surface area contributed by atoms with E-state index in [1.165, 1.54) is 0 Å². The zero-order valence-corrected chi connectivity index (χ0v) is 12.4. The fourth-order valence-corrected chi connectivity index (χ4v) is 0. The molecule has 0 spiro atoms. The van der Waals surface area contributed by atoms with Crippen LogP contribution in [0.2, 0.25) is 0 Å². The molecule has 0 unspecified atom stereocenters. The maximum Gasteiger partial charge on any atom is 3.00 e. The number of halogens is 8. The molecule has 0 N–H and O–H groups in total. The molecule has 0 aromatic rings. The van der Waals surface area contributed by atoms with Gasteiger partial charge in [0.05, 0.1) is 0 Å². The Morgan fingerprint density at radius 3 is 0.364 bits per heavy atom. The average molecular weight is 355 g/mol. The normalized spacial score (nSPS) is 0. The van der Waals surface area contributed by atoms with Crippen LogP contribution in [-0.4, -0.2) is 62.8 Å². The standard InChI is InChI=1S/Al.8FH.Sr.Y/h;8*1H;;/q+3;;;;;;;;;+2;+3/p-8. The van der Waals surface area contributed by atoms with Crippen LogP contribution in [0, 0.1) is 0 Å². The maximum atomic E-state index is 0. The van der Waals surface area contributed by atoms with Gasteiger partial charge in [0, 0.05) is 0 Å². The molecule has 11 heteroatoms. The Bertz CT molecular complexity index is 14.1. The minimum Gasteiger partial charge on any atom is -1.00 e. The summed E-state index contributed by atoms with van der Waals surface area (Å²) in [6, 6.07) is 0. The zero-order valence-electron chi connectivity index (χ0n) is 4.89. The molecule has 0 aliphatic rings. The molecule has 0 rings (SSSR count). The van der Waals surface area contributed by atoms with Gasteiger partial charge in [-0.1, -0.05) is 0 Å². The van der Waals surface area contributed by atoms with E-state index in [1.807, 2.05) is 0 Å². The van der Waals surface area contributed by atoms with Crippen LogP contribution in [0.4, 0.5) is 0 Å². The molecule has 0 nitrogen and oxygen atoms in total.